The molecule has 0 radical (unpaired) electrons. The maximum absolute atomic E-state index is 12.2. The molecule has 11 heavy (non-hydrogen) atoms. The summed E-state index contributed by atoms with van der Waals surface area (Å²) in [5.74, 6) is -1.29. The highest BCUT2D eigenvalue weighted by Gasteiger charge is 2.34. The first kappa shape index (κ1) is 10.7. The monoisotopic (exact) mass is 200 g/mol. The molecule has 2 nitrogen and oxygen atoms in total. The fraction of sp³-hybridized carbons (Fsp3) is 0.500. The first-order valence-corrected chi connectivity index (χ1v) is 3.59. The lowest BCUT2D eigenvalue weighted by Crippen LogP contribution is -2.23. The Labute approximate surface area is 73.9 Å². The van der Waals surface area contributed by atoms with E-state index in [9.17, 15) is 9.18 Å². The van der Waals surface area contributed by atoms with Crippen molar-refractivity contribution >= 4 is 29.2 Å². The Morgan fingerprint density at radius 1 is 1.73 bits per heavy atom. The quantitative estimate of drug-likeness (QED) is 0.301. The van der Waals surface area contributed by atoms with E-state index in [2.05, 4.69) is 11.3 Å². The second-order valence-electron chi connectivity index (χ2n) is 1.71. The topological polar surface area (TPSA) is 26.3 Å². The number of carbonyl (C=O) groups excluding carboxylic acids is 1. The first-order chi connectivity index (χ1) is 4.98. The zero-order valence-corrected chi connectivity index (χ0v) is 7.16. The van der Waals surface area contributed by atoms with Crippen molar-refractivity contribution in [3.8, 4) is 0 Å². The second-order valence-corrected chi connectivity index (χ2v) is 2.95. The smallest absolute Gasteiger partial charge is 0.376 e. The van der Waals surface area contributed by atoms with E-state index in [1.54, 1.807) is 0 Å². The lowest BCUT2D eigenvalue weighted by atomic mass is 10.5. The van der Waals surface area contributed by atoms with Gasteiger partial charge in [0, 0.05) is 0 Å². The van der Waals surface area contributed by atoms with Crippen LogP contribution in [0.3, 0.4) is 0 Å². The summed E-state index contributed by atoms with van der Waals surface area (Å²) >= 11 is 9.52. The second kappa shape index (κ2) is 4.57. The van der Waals surface area contributed by atoms with E-state index in [0.29, 0.717) is 6.42 Å². The van der Waals surface area contributed by atoms with E-state index in [-0.39, 0.29) is 6.61 Å². The lowest BCUT2D eigenvalue weighted by Gasteiger charge is -2.07. The van der Waals surface area contributed by atoms with Gasteiger partial charge in [0.05, 0.1) is 6.61 Å². The third kappa shape index (κ3) is 5.04. The summed E-state index contributed by atoms with van der Waals surface area (Å²) in [4.78, 5) is 10.4. The molecule has 0 aromatic carbocycles. The molecule has 0 amide bonds. The first-order valence-electron chi connectivity index (χ1n) is 2.83. The molecule has 5 heteroatoms. The van der Waals surface area contributed by atoms with Crippen LogP contribution >= 0.6 is 23.2 Å². The molecule has 0 rings (SSSR count). The molecule has 0 saturated carbocycles. The van der Waals surface area contributed by atoms with Gasteiger partial charge in [-0.2, -0.15) is 4.39 Å². The Hall–Kier alpha value is -0.280. The fourth-order valence-electron chi connectivity index (χ4n) is 0.317. The lowest BCUT2D eigenvalue weighted by molar-refractivity contribution is -0.148. The molecule has 0 aromatic rings. The van der Waals surface area contributed by atoms with E-state index in [1.807, 2.05) is 0 Å². The number of rotatable bonds is 4. The van der Waals surface area contributed by atoms with Crippen molar-refractivity contribution in [2.45, 2.75) is 11.0 Å². The fourth-order valence-corrected chi connectivity index (χ4v) is 0.426. The summed E-state index contributed by atoms with van der Waals surface area (Å²) in [5.41, 5.74) is 0. The van der Waals surface area contributed by atoms with Crippen LogP contribution in [0.2, 0.25) is 0 Å². The van der Waals surface area contributed by atoms with Gasteiger partial charge in [0.25, 0.3) is 0 Å². The molecule has 0 N–H and O–H groups in total. The maximum Gasteiger partial charge on any atom is 0.376 e. The summed E-state index contributed by atoms with van der Waals surface area (Å²) < 4.78 is 13.6. The van der Waals surface area contributed by atoms with Crippen molar-refractivity contribution in [3.05, 3.63) is 12.7 Å². The SMILES string of the molecule is C=CCCOC(=O)C(F)(Cl)Cl. The third-order valence-electron chi connectivity index (χ3n) is 0.787. The zero-order chi connectivity index (χ0) is 8.91. The summed E-state index contributed by atoms with van der Waals surface area (Å²) in [6.07, 6.45) is 1.96. The summed E-state index contributed by atoms with van der Waals surface area (Å²) in [6, 6.07) is 0. The van der Waals surface area contributed by atoms with Crippen LogP contribution in [0.15, 0.2) is 12.7 Å². The van der Waals surface area contributed by atoms with E-state index < -0.39 is 10.6 Å². The van der Waals surface area contributed by atoms with Crippen molar-refractivity contribution in [3.63, 3.8) is 0 Å². The van der Waals surface area contributed by atoms with Gasteiger partial charge in [-0.25, -0.2) is 4.79 Å². The molecule has 64 valence electrons. The van der Waals surface area contributed by atoms with Gasteiger partial charge >= 0.3 is 10.6 Å². The van der Waals surface area contributed by atoms with Crippen molar-refractivity contribution in [2.75, 3.05) is 6.61 Å². The molecule has 0 aromatic heterocycles. The minimum absolute atomic E-state index is 0.0352. The highest BCUT2D eigenvalue weighted by atomic mass is 35.5. The number of halogens is 3. The van der Waals surface area contributed by atoms with Gasteiger partial charge < -0.3 is 4.74 Å². The van der Waals surface area contributed by atoms with Gasteiger partial charge in [0.15, 0.2) is 0 Å². The largest absolute Gasteiger partial charge is 0.461 e. The highest BCUT2D eigenvalue weighted by Crippen LogP contribution is 2.23. The Morgan fingerprint density at radius 3 is 2.64 bits per heavy atom. The van der Waals surface area contributed by atoms with Crippen LogP contribution in [0.4, 0.5) is 4.39 Å². The van der Waals surface area contributed by atoms with Crippen LogP contribution in [-0.2, 0) is 9.53 Å². The average molecular weight is 201 g/mol. The van der Waals surface area contributed by atoms with Crippen LogP contribution < -0.4 is 0 Å². The number of carbonyl (C=O) groups is 1. The van der Waals surface area contributed by atoms with Gasteiger partial charge in [-0.3, -0.25) is 0 Å². The molecule has 0 atom stereocenters. The molecule has 0 heterocycles. The highest BCUT2D eigenvalue weighted by molar-refractivity contribution is 6.56. The Morgan fingerprint density at radius 2 is 2.27 bits per heavy atom. The molecular weight excluding hydrogens is 194 g/mol. The van der Waals surface area contributed by atoms with Crippen LogP contribution in [0, 0.1) is 0 Å². The van der Waals surface area contributed by atoms with Gasteiger partial charge in [-0.05, 0) is 6.42 Å². The van der Waals surface area contributed by atoms with E-state index >= 15 is 0 Å². The molecule has 0 aliphatic heterocycles. The van der Waals surface area contributed by atoms with Crippen molar-refractivity contribution in [2.24, 2.45) is 0 Å². The van der Waals surface area contributed by atoms with Crippen LogP contribution in [0.1, 0.15) is 6.42 Å². The number of hydrogen-bond donors (Lipinski definition) is 0. The van der Waals surface area contributed by atoms with E-state index in [4.69, 9.17) is 23.2 Å². The molecule has 0 aliphatic carbocycles. The predicted octanol–water partition coefficient (Wildman–Crippen LogP) is 2.21. The van der Waals surface area contributed by atoms with Crippen LogP contribution in [0.5, 0.6) is 0 Å². The normalized spacial score (nSPS) is 10.8. The molecule has 0 saturated heterocycles. The molecule has 0 aliphatic rings. The van der Waals surface area contributed by atoms with E-state index in [0.717, 1.165) is 0 Å². The number of esters is 1. The molecule has 0 spiro atoms. The number of ether oxygens (including phenoxy) is 1. The number of hydrogen-bond acceptors (Lipinski definition) is 2. The van der Waals surface area contributed by atoms with Crippen molar-refractivity contribution in [1.29, 1.82) is 0 Å². The molecule has 0 bridgehead atoms. The Kier molecular flexibility index (Phi) is 4.45. The van der Waals surface area contributed by atoms with Gasteiger partial charge in [-0.1, -0.05) is 29.3 Å². The summed E-state index contributed by atoms with van der Waals surface area (Å²) in [5, 5.41) is 0. The predicted molar refractivity (Wildman–Crippen MR) is 41.3 cm³/mol. The Bertz CT molecular complexity index is 153. The average Bonchev–Trinajstić information content (AvgIpc) is 1.86. The summed E-state index contributed by atoms with van der Waals surface area (Å²) in [6.45, 7) is 3.40. The minimum atomic E-state index is -2.94. The van der Waals surface area contributed by atoms with Crippen molar-refractivity contribution < 1.29 is 13.9 Å². The minimum Gasteiger partial charge on any atom is -0.461 e. The molecule has 0 unspecified atom stereocenters. The molecular formula is C6H7Cl2FO2. The summed E-state index contributed by atoms with van der Waals surface area (Å²) in [7, 11) is 0. The van der Waals surface area contributed by atoms with Gasteiger partial charge in [0.1, 0.15) is 0 Å². The standard InChI is InChI=1S/C6H7Cl2FO2/c1-2-3-4-11-5(10)6(7,8)9/h2H,1,3-4H2. The zero-order valence-electron chi connectivity index (χ0n) is 5.65. The maximum atomic E-state index is 12.2. The van der Waals surface area contributed by atoms with Crippen LogP contribution in [0.25, 0.3) is 0 Å². The van der Waals surface area contributed by atoms with Crippen LogP contribution in [-0.4, -0.2) is 17.2 Å². The Balaban J connectivity index is 3.62. The van der Waals surface area contributed by atoms with Crippen molar-refractivity contribution in [1.82, 2.24) is 0 Å². The van der Waals surface area contributed by atoms with Gasteiger partial charge in [-0.15, -0.1) is 6.58 Å². The number of alkyl halides is 3. The van der Waals surface area contributed by atoms with E-state index in [1.165, 1.54) is 6.08 Å². The third-order valence-corrected chi connectivity index (χ3v) is 1.10. The molecule has 0 fully saturated rings. The van der Waals surface area contributed by atoms with Gasteiger partial charge in [0.2, 0.25) is 0 Å².